The van der Waals surface area contributed by atoms with E-state index in [2.05, 4.69) is 4.98 Å². The highest BCUT2D eigenvalue weighted by molar-refractivity contribution is 5.98. The van der Waals surface area contributed by atoms with Crippen LogP contribution in [0.15, 0.2) is 60.8 Å². The van der Waals surface area contributed by atoms with Crippen LogP contribution in [0.2, 0.25) is 0 Å². The maximum Gasteiger partial charge on any atom is 0.267 e. The van der Waals surface area contributed by atoms with Gasteiger partial charge in [0, 0.05) is 30.8 Å². The van der Waals surface area contributed by atoms with Gasteiger partial charge in [-0.3, -0.25) is 19.4 Å². The number of carbonyl (C=O) groups is 3. The second-order valence-corrected chi connectivity index (χ2v) is 7.54. The topological polar surface area (TPSA) is 138 Å². The average molecular weight is 446 g/mol. The lowest BCUT2D eigenvalue weighted by molar-refractivity contribution is -0.117. The minimum atomic E-state index is -0.659. The van der Waals surface area contributed by atoms with Crippen LogP contribution in [0.5, 0.6) is 17.2 Å². The molecule has 0 aliphatic carbocycles. The summed E-state index contributed by atoms with van der Waals surface area (Å²) in [5.41, 5.74) is 12.5. The lowest BCUT2D eigenvalue weighted by Gasteiger charge is -2.18. The van der Waals surface area contributed by atoms with Crippen molar-refractivity contribution in [2.24, 2.45) is 11.5 Å². The Hall–Kier alpha value is -4.40. The maximum atomic E-state index is 12.7. The van der Waals surface area contributed by atoms with Crippen LogP contribution in [-0.4, -0.2) is 36.4 Å². The number of amides is 3. The first-order chi connectivity index (χ1) is 15.9. The number of para-hydroxylation sites is 1. The van der Waals surface area contributed by atoms with Crippen molar-refractivity contribution >= 4 is 23.4 Å². The van der Waals surface area contributed by atoms with Gasteiger partial charge in [0.05, 0.1) is 12.7 Å². The predicted molar refractivity (Wildman–Crippen MR) is 120 cm³/mol. The minimum absolute atomic E-state index is 0.0843. The quantitative estimate of drug-likeness (QED) is 0.572. The number of nitrogens with two attached hydrogens (primary N) is 2. The lowest BCUT2D eigenvalue weighted by atomic mass is 9.98. The van der Waals surface area contributed by atoms with Gasteiger partial charge in [-0.05, 0) is 42.0 Å². The summed E-state index contributed by atoms with van der Waals surface area (Å²) in [6.07, 6.45) is 1.73. The van der Waals surface area contributed by atoms with Gasteiger partial charge in [0.1, 0.15) is 11.4 Å². The number of nitrogens with zero attached hydrogens (tertiary/aromatic N) is 2. The lowest BCUT2D eigenvalue weighted by Crippen LogP contribution is -2.25. The molecule has 33 heavy (non-hydrogen) atoms. The van der Waals surface area contributed by atoms with E-state index in [9.17, 15) is 14.4 Å². The van der Waals surface area contributed by atoms with Crippen LogP contribution in [-0.2, 0) is 4.79 Å². The summed E-state index contributed by atoms with van der Waals surface area (Å²) in [4.78, 5) is 41.5. The van der Waals surface area contributed by atoms with E-state index in [-0.39, 0.29) is 29.5 Å². The Labute approximate surface area is 189 Å². The van der Waals surface area contributed by atoms with Crippen LogP contribution in [0, 0.1) is 0 Å². The van der Waals surface area contributed by atoms with Crippen molar-refractivity contribution in [1.29, 1.82) is 0 Å². The van der Waals surface area contributed by atoms with E-state index in [1.165, 1.54) is 19.4 Å². The monoisotopic (exact) mass is 446 g/mol. The molecule has 0 bridgehead atoms. The molecule has 1 fully saturated rings. The molecule has 168 valence electrons. The summed E-state index contributed by atoms with van der Waals surface area (Å²) in [7, 11) is 1.52. The van der Waals surface area contributed by atoms with E-state index in [1.54, 1.807) is 47.4 Å². The van der Waals surface area contributed by atoms with Crippen LogP contribution in [0.1, 0.15) is 38.7 Å². The summed E-state index contributed by atoms with van der Waals surface area (Å²) < 4.78 is 11.4. The maximum absolute atomic E-state index is 12.7. The number of hydrogen-bond donors (Lipinski definition) is 2. The third-order valence-corrected chi connectivity index (χ3v) is 5.46. The predicted octanol–water partition coefficient (Wildman–Crippen LogP) is 2.60. The molecule has 3 amide bonds. The van der Waals surface area contributed by atoms with Crippen molar-refractivity contribution in [2.45, 2.75) is 12.3 Å². The fraction of sp³-hybridized carbons (Fsp3) is 0.167. The third-order valence-electron chi connectivity index (χ3n) is 5.46. The fourth-order valence-corrected chi connectivity index (χ4v) is 3.81. The molecule has 3 aromatic rings. The molecule has 0 spiro atoms. The van der Waals surface area contributed by atoms with Crippen molar-refractivity contribution in [3.05, 3.63) is 77.6 Å². The SMILES string of the molecule is COc1ccc([C@H]2CC(=O)N(c3ccnc(C(N)=O)c3)C2)cc1Oc1ccccc1C(N)=O. The van der Waals surface area contributed by atoms with E-state index < -0.39 is 11.8 Å². The van der Waals surface area contributed by atoms with E-state index >= 15 is 0 Å². The zero-order valence-corrected chi connectivity index (χ0v) is 17.9. The molecule has 0 radical (unpaired) electrons. The number of anilines is 1. The van der Waals surface area contributed by atoms with Crippen LogP contribution in [0.3, 0.4) is 0 Å². The number of rotatable bonds is 7. The number of hydrogen-bond acceptors (Lipinski definition) is 6. The molecule has 2 aromatic carbocycles. The molecule has 0 saturated carbocycles. The van der Waals surface area contributed by atoms with Gasteiger partial charge in [-0.1, -0.05) is 18.2 Å². The molecule has 1 atom stereocenters. The third kappa shape index (κ3) is 4.47. The summed E-state index contributed by atoms with van der Waals surface area (Å²) in [6, 6.07) is 15.2. The molecular formula is C24H22N4O5. The fourth-order valence-electron chi connectivity index (χ4n) is 3.81. The van der Waals surface area contributed by atoms with Crippen LogP contribution in [0.25, 0.3) is 0 Å². The first-order valence-electron chi connectivity index (χ1n) is 10.2. The van der Waals surface area contributed by atoms with Gasteiger partial charge in [-0.15, -0.1) is 0 Å². The highest BCUT2D eigenvalue weighted by atomic mass is 16.5. The number of carbonyl (C=O) groups excluding carboxylic acids is 3. The van der Waals surface area contributed by atoms with Crippen LogP contribution >= 0.6 is 0 Å². The summed E-state index contributed by atoms with van der Waals surface area (Å²) >= 11 is 0. The Morgan fingerprint density at radius 1 is 1.00 bits per heavy atom. The van der Waals surface area contributed by atoms with E-state index in [0.717, 1.165) is 5.56 Å². The molecule has 9 nitrogen and oxygen atoms in total. The van der Waals surface area contributed by atoms with Gasteiger partial charge in [-0.2, -0.15) is 0 Å². The van der Waals surface area contributed by atoms with Gasteiger partial charge in [-0.25, -0.2) is 0 Å². The summed E-state index contributed by atoms with van der Waals surface area (Å²) in [6.45, 7) is 0.407. The highest BCUT2D eigenvalue weighted by Gasteiger charge is 2.32. The van der Waals surface area contributed by atoms with Crippen molar-refractivity contribution in [2.75, 3.05) is 18.6 Å². The van der Waals surface area contributed by atoms with Gasteiger partial charge >= 0.3 is 0 Å². The van der Waals surface area contributed by atoms with Gasteiger partial charge in [0.25, 0.3) is 11.8 Å². The van der Waals surface area contributed by atoms with Crippen LogP contribution in [0.4, 0.5) is 5.69 Å². The number of pyridine rings is 1. The molecule has 2 heterocycles. The summed E-state index contributed by atoms with van der Waals surface area (Å²) in [5, 5.41) is 0. The standard InChI is InChI=1S/C24H22N4O5/c1-32-20-7-6-14(10-21(20)33-19-5-3-2-4-17(19)23(25)30)15-11-22(29)28(13-15)16-8-9-27-18(12-16)24(26)31/h2-10,12,15H,11,13H2,1H3,(H2,25,30)(H2,26,31)/t15-/m0/s1. The highest BCUT2D eigenvalue weighted by Crippen LogP contribution is 2.38. The molecule has 9 heteroatoms. The van der Waals surface area contributed by atoms with Gasteiger partial charge < -0.3 is 25.8 Å². The molecule has 1 aliphatic heterocycles. The first kappa shape index (κ1) is 21.8. The molecule has 0 unspecified atom stereocenters. The zero-order valence-electron chi connectivity index (χ0n) is 17.9. The second kappa shape index (κ2) is 8.99. The van der Waals surface area contributed by atoms with Crippen molar-refractivity contribution in [1.82, 2.24) is 4.98 Å². The number of primary amides is 2. The Morgan fingerprint density at radius 2 is 1.79 bits per heavy atom. The van der Waals surface area contributed by atoms with E-state index in [1.807, 2.05) is 6.07 Å². The minimum Gasteiger partial charge on any atom is -0.493 e. The first-order valence-corrected chi connectivity index (χ1v) is 10.2. The van der Waals surface area contributed by atoms with E-state index in [0.29, 0.717) is 29.5 Å². The molecular weight excluding hydrogens is 424 g/mol. The number of benzene rings is 2. The molecule has 1 aromatic heterocycles. The van der Waals surface area contributed by atoms with Crippen molar-refractivity contribution in [3.63, 3.8) is 0 Å². The molecule has 4 rings (SSSR count). The Kier molecular flexibility index (Phi) is 5.95. The van der Waals surface area contributed by atoms with E-state index in [4.69, 9.17) is 20.9 Å². The smallest absolute Gasteiger partial charge is 0.267 e. The Balaban J connectivity index is 1.62. The molecule has 4 N–H and O–H groups in total. The Bertz CT molecular complexity index is 1240. The molecule has 1 aliphatic rings. The number of methoxy groups -OCH3 is 1. The zero-order chi connectivity index (χ0) is 23.5. The van der Waals surface area contributed by atoms with Crippen molar-refractivity contribution < 1.29 is 23.9 Å². The second-order valence-electron chi connectivity index (χ2n) is 7.54. The average Bonchev–Trinajstić information content (AvgIpc) is 3.21. The summed E-state index contributed by atoms with van der Waals surface area (Å²) in [5.74, 6) is -0.297. The van der Waals surface area contributed by atoms with Crippen molar-refractivity contribution in [3.8, 4) is 17.2 Å². The van der Waals surface area contributed by atoms with Gasteiger partial charge in [0.15, 0.2) is 11.5 Å². The number of ether oxygens (including phenoxy) is 2. The molecule has 1 saturated heterocycles. The number of aromatic nitrogens is 1. The Morgan fingerprint density at radius 3 is 2.52 bits per heavy atom. The normalized spacial score (nSPS) is 15.4. The van der Waals surface area contributed by atoms with Gasteiger partial charge in [0.2, 0.25) is 5.91 Å². The largest absolute Gasteiger partial charge is 0.493 e. The van der Waals surface area contributed by atoms with Crippen LogP contribution < -0.4 is 25.8 Å².